The molecule has 1 heterocycles. The Bertz CT molecular complexity index is 494. The molecule has 0 unspecified atom stereocenters. The molecule has 0 aliphatic heterocycles. The zero-order valence-corrected chi connectivity index (χ0v) is 9.62. The summed E-state index contributed by atoms with van der Waals surface area (Å²) in [6, 6.07) is 9.64. The number of hydrogen-bond donors (Lipinski definition) is 2. The van der Waals surface area contributed by atoms with Crippen LogP contribution in [0.2, 0.25) is 5.02 Å². The van der Waals surface area contributed by atoms with E-state index < -0.39 is 0 Å². The number of aromatic nitrogens is 1. The molecule has 0 fully saturated rings. The summed E-state index contributed by atoms with van der Waals surface area (Å²) in [5.41, 5.74) is 8.41. The van der Waals surface area contributed by atoms with E-state index in [9.17, 15) is 0 Å². The molecule has 0 bridgehead atoms. The molecule has 0 radical (unpaired) electrons. The van der Waals surface area contributed by atoms with Crippen molar-refractivity contribution in [3.8, 4) is 0 Å². The quantitative estimate of drug-likeness (QED) is 0.836. The fourth-order valence-electron chi connectivity index (χ4n) is 1.32. The summed E-state index contributed by atoms with van der Waals surface area (Å²) in [5, 5.41) is 3.62. The molecule has 3 nitrogen and oxygen atoms in total. The van der Waals surface area contributed by atoms with E-state index in [0.717, 1.165) is 5.69 Å². The van der Waals surface area contributed by atoms with Crippen molar-refractivity contribution in [1.29, 1.82) is 0 Å². The lowest BCUT2D eigenvalue weighted by Gasteiger charge is -2.09. The van der Waals surface area contributed by atoms with Crippen molar-refractivity contribution in [2.75, 3.05) is 11.1 Å². The van der Waals surface area contributed by atoms with E-state index in [4.69, 9.17) is 17.3 Å². The second-order valence-corrected chi connectivity index (χ2v) is 3.95. The predicted octanol–water partition coefficient (Wildman–Crippen LogP) is 3.37. The molecule has 2 aromatic rings. The topological polar surface area (TPSA) is 50.9 Å². The molecule has 4 heteroatoms. The van der Waals surface area contributed by atoms with Gasteiger partial charge in [0.05, 0.1) is 10.7 Å². The van der Waals surface area contributed by atoms with Crippen LogP contribution in [-0.2, 0) is 0 Å². The summed E-state index contributed by atoms with van der Waals surface area (Å²) in [6.07, 6.45) is 1.62. The summed E-state index contributed by atoms with van der Waals surface area (Å²) in [5.74, 6) is 0.580. The minimum atomic E-state index is 0.463. The van der Waals surface area contributed by atoms with Gasteiger partial charge in [0.1, 0.15) is 0 Å². The lowest BCUT2D eigenvalue weighted by atomic mass is 10.2. The van der Waals surface area contributed by atoms with Gasteiger partial charge in [-0.25, -0.2) is 4.98 Å². The Hall–Kier alpha value is -1.74. The van der Waals surface area contributed by atoms with Crippen LogP contribution in [0.25, 0.3) is 0 Å². The van der Waals surface area contributed by atoms with Crippen molar-refractivity contribution >= 4 is 28.8 Å². The second-order valence-electron chi connectivity index (χ2n) is 3.55. The number of nitrogens with two attached hydrogens (primary N) is 1. The first-order valence-corrected chi connectivity index (χ1v) is 5.28. The zero-order valence-electron chi connectivity index (χ0n) is 8.87. The highest BCUT2D eigenvalue weighted by atomic mass is 35.5. The number of benzene rings is 1. The van der Waals surface area contributed by atoms with E-state index in [1.165, 1.54) is 5.56 Å². The molecule has 0 aliphatic carbocycles. The summed E-state index contributed by atoms with van der Waals surface area (Å²) in [6.45, 7) is 2.04. The summed E-state index contributed by atoms with van der Waals surface area (Å²) >= 11 is 5.90. The average Bonchev–Trinajstić information content (AvgIpc) is 2.28. The number of rotatable bonds is 2. The first kappa shape index (κ1) is 10.8. The Morgan fingerprint density at radius 3 is 2.56 bits per heavy atom. The second kappa shape index (κ2) is 4.41. The molecule has 82 valence electrons. The molecule has 0 saturated heterocycles. The van der Waals surface area contributed by atoms with E-state index in [2.05, 4.69) is 10.3 Å². The van der Waals surface area contributed by atoms with E-state index in [-0.39, 0.29) is 0 Å². The van der Waals surface area contributed by atoms with Crippen LogP contribution in [-0.4, -0.2) is 4.98 Å². The van der Waals surface area contributed by atoms with Crippen LogP contribution < -0.4 is 11.1 Å². The molecule has 2 rings (SSSR count). The minimum absolute atomic E-state index is 0.463. The molecule has 1 aromatic carbocycles. The number of nitrogens with one attached hydrogen (secondary N) is 1. The van der Waals surface area contributed by atoms with Crippen molar-refractivity contribution in [3.05, 3.63) is 47.1 Å². The third kappa shape index (κ3) is 2.25. The molecule has 1 aromatic heterocycles. The Morgan fingerprint density at radius 2 is 1.88 bits per heavy atom. The van der Waals surface area contributed by atoms with Gasteiger partial charge in [0.25, 0.3) is 0 Å². The smallest absolute Gasteiger partial charge is 0.155 e. The van der Waals surface area contributed by atoms with Gasteiger partial charge in [-0.1, -0.05) is 29.3 Å². The first-order chi connectivity index (χ1) is 7.66. The van der Waals surface area contributed by atoms with Crippen molar-refractivity contribution in [3.63, 3.8) is 0 Å². The number of nitrogen functional groups attached to an aromatic ring is 1. The van der Waals surface area contributed by atoms with Crippen LogP contribution in [0.15, 0.2) is 36.5 Å². The molecule has 0 amide bonds. The zero-order chi connectivity index (χ0) is 11.5. The maximum absolute atomic E-state index is 5.90. The number of hydrogen-bond acceptors (Lipinski definition) is 3. The van der Waals surface area contributed by atoms with Crippen molar-refractivity contribution in [2.24, 2.45) is 0 Å². The van der Waals surface area contributed by atoms with Gasteiger partial charge < -0.3 is 11.1 Å². The molecule has 0 spiro atoms. The van der Waals surface area contributed by atoms with Gasteiger partial charge in [0.2, 0.25) is 0 Å². The summed E-state index contributed by atoms with van der Waals surface area (Å²) < 4.78 is 0. The standard InChI is InChI=1S/C12H12ClN3/c1-8-2-4-9(5-3-8)16-12-11(14)10(13)6-7-15-12/h2-7H,14H2,1H3,(H,15,16). The highest BCUT2D eigenvalue weighted by molar-refractivity contribution is 6.33. The third-order valence-corrected chi connectivity index (χ3v) is 2.58. The number of nitrogens with zero attached hydrogens (tertiary/aromatic N) is 1. The van der Waals surface area contributed by atoms with E-state index in [0.29, 0.717) is 16.5 Å². The van der Waals surface area contributed by atoms with Crippen molar-refractivity contribution < 1.29 is 0 Å². The van der Waals surface area contributed by atoms with Crippen LogP contribution in [0.3, 0.4) is 0 Å². The van der Waals surface area contributed by atoms with Crippen LogP contribution >= 0.6 is 11.6 Å². The molecule has 0 saturated carbocycles. The molecule has 0 atom stereocenters. The Kier molecular flexibility index (Phi) is 2.97. The van der Waals surface area contributed by atoms with Gasteiger partial charge in [0, 0.05) is 11.9 Å². The fraction of sp³-hybridized carbons (Fsp3) is 0.0833. The fourth-order valence-corrected chi connectivity index (χ4v) is 1.47. The van der Waals surface area contributed by atoms with Gasteiger partial charge in [-0.2, -0.15) is 0 Å². The highest BCUT2D eigenvalue weighted by Crippen LogP contribution is 2.26. The van der Waals surface area contributed by atoms with E-state index in [1.54, 1.807) is 12.3 Å². The van der Waals surface area contributed by atoms with Gasteiger partial charge in [0.15, 0.2) is 5.82 Å². The maximum Gasteiger partial charge on any atom is 0.155 e. The maximum atomic E-state index is 5.90. The van der Waals surface area contributed by atoms with E-state index in [1.807, 2.05) is 31.2 Å². The molecular weight excluding hydrogens is 222 g/mol. The van der Waals surface area contributed by atoms with Gasteiger partial charge in [-0.15, -0.1) is 0 Å². The van der Waals surface area contributed by atoms with Crippen LogP contribution in [0, 0.1) is 6.92 Å². The summed E-state index contributed by atoms with van der Waals surface area (Å²) in [4.78, 5) is 4.14. The highest BCUT2D eigenvalue weighted by Gasteiger charge is 2.04. The van der Waals surface area contributed by atoms with Crippen LogP contribution in [0.4, 0.5) is 17.2 Å². The lowest BCUT2D eigenvalue weighted by molar-refractivity contribution is 1.31. The number of pyridine rings is 1. The van der Waals surface area contributed by atoms with E-state index >= 15 is 0 Å². The normalized spacial score (nSPS) is 10.1. The third-order valence-electron chi connectivity index (χ3n) is 2.25. The van der Waals surface area contributed by atoms with Crippen LogP contribution in [0.1, 0.15) is 5.56 Å². The average molecular weight is 234 g/mol. The van der Waals surface area contributed by atoms with Crippen molar-refractivity contribution in [2.45, 2.75) is 6.92 Å². The van der Waals surface area contributed by atoms with Gasteiger partial charge in [-0.3, -0.25) is 0 Å². The molecular formula is C12H12ClN3. The number of anilines is 3. The Balaban J connectivity index is 2.27. The number of aryl methyl sites for hydroxylation is 1. The lowest BCUT2D eigenvalue weighted by Crippen LogP contribution is -1.99. The molecule has 3 N–H and O–H groups in total. The van der Waals surface area contributed by atoms with Gasteiger partial charge >= 0.3 is 0 Å². The first-order valence-electron chi connectivity index (χ1n) is 4.90. The van der Waals surface area contributed by atoms with Crippen LogP contribution in [0.5, 0.6) is 0 Å². The molecule has 16 heavy (non-hydrogen) atoms. The molecule has 0 aliphatic rings. The predicted molar refractivity (Wildman–Crippen MR) is 68.1 cm³/mol. The SMILES string of the molecule is Cc1ccc(Nc2nccc(Cl)c2N)cc1. The Labute approximate surface area is 99.3 Å². The largest absolute Gasteiger partial charge is 0.395 e. The summed E-state index contributed by atoms with van der Waals surface area (Å²) in [7, 11) is 0. The number of halogens is 1. The Morgan fingerprint density at radius 1 is 1.19 bits per heavy atom. The van der Waals surface area contributed by atoms with Crippen molar-refractivity contribution in [1.82, 2.24) is 4.98 Å². The monoisotopic (exact) mass is 233 g/mol. The van der Waals surface area contributed by atoms with Gasteiger partial charge in [-0.05, 0) is 25.1 Å². The minimum Gasteiger partial charge on any atom is -0.395 e.